The Labute approximate surface area is 185 Å². The van der Waals surface area contributed by atoms with Crippen molar-refractivity contribution in [3.8, 4) is 22.7 Å². The van der Waals surface area contributed by atoms with E-state index in [2.05, 4.69) is 4.98 Å². The first-order chi connectivity index (χ1) is 15.3. The summed E-state index contributed by atoms with van der Waals surface area (Å²) in [5, 5.41) is 0. The predicted molar refractivity (Wildman–Crippen MR) is 119 cm³/mol. The van der Waals surface area contributed by atoms with Gasteiger partial charge >= 0.3 is 12.0 Å². The molecule has 0 aliphatic carbocycles. The summed E-state index contributed by atoms with van der Waals surface area (Å²) in [6.45, 7) is 5.15. The second-order valence-electron chi connectivity index (χ2n) is 8.00. The van der Waals surface area contributed by atoms with Gasteiger partial charge in [-0.05, 0) is 45.0 Å². The molecule has 0 atom stereocenters. The maximum Gasteiger partial charge on any atom is 0.424 e. The van der Waals surface area contributed by atoms with E-state index in [1.54, 1.807) is 26.8 Å². The minimum atomic E-state index is -0.896. The van der Waals surface area contributed by atoms with Crippen molar-refractivity contribution < 1.29 is 23.2 Å². The number of benzene rings is 2. The molecule has 0 spiro atoms. The van der Waals surface area contributed by atoms with E-state index in [4.69, 9.17) is 13.6 Å². The molecule has 0 saturated heterocycles. The highest BCUT2D eigenvalue weighted by molar-refractivity contribution is 6.18. The fourth-order valence-electron chi connectivity index (χ4n) is 3.03. The lowest BCUT2D eigenvalue weighted by molar-refractivity contribution is 0.0554. The van der Waals surface area contributed by atoms with Gasteiger partial charge < -0.3 is 13.6 Å². The molecular weight excluding hydrogens is 408 g/mol. The Morgan fingerprint density at radius 2 is 1.50 bits per heavy atom. The number of hydrogen-bond acceptors (Lipinski definition) is 6. The van der Waals surface area contributed by atoms with Gasteiger partial charge in [-0.1, -0.05) is 48.5 Å². The molecule has 0 bridgehead atoms. The molecule has 2 aromatic heterocycles. The number of anilines is 1. The van der Waals surface area contributed by atoms with Crippen molar-refractivity contribution in [1.29, 1.82) is 0 Å². The minimum Gasteiger partial charge on any atom is -0.459 e. The van der Waals surface area contributed by atoms with Gasteiger partial charge in [-0.2, -0.15) is 4.90 Å². The van der Waals surface area contributed by atoms with Gasteiger partial charge in [0.05, 0.1) is 6.26 Å². The first kappa shape index (κ1) is 21.1. The molecule has 0 saturated carbocycles. The van der Waals surface area contributed by atoms with Crippen LogP contribution in [0.1, 0.15) is 31.3 Å². The summed E-state index contributed by atoms with van der Waals surface area (Å²) in [4.78, 5) is 31.9. The molecule has 0 unspecified atom stereocenters. The summed E-state index contributed by atoms with van der Waals surface area (Å²) < 4.78 is 16.8. The number of carbonyl (C=O) groups excluding carboxylic acids is 2. The highest BCUT2D eigenvalue weighted by atomic mass is 16.6. The molecule has 2 aromatic carbocycles. The van der Waals surface area contributed by atoms with Crippen LogP contribution in [0.4, 0.5) is 10.7 Å². The van der Waals surface area contributed by atoms with E-state index in [1.165, 1.54) is 12.3 Å². The van der Waals surface area contributed by atoms with E-state index in [-0.39, 0.29) is 17.5 Å². The SMILES string of the molecule is CC(C)(C)OC(=O)N(C(=O)c1ccco1)c1oc(-c2ccccc2)nc1-c1ccccc1. The van der Waals surface area contributed by atoms with Crippen molar-refractivity contribution in [3.05, 3.63) is 84.8 Å². The molecule has 0 N–H and O–H groups in total. The fraction of sp³-hybridized carbons (Fsp3) is 0.160. The molecule has 2 amide bonds. The molecule has 162 valence electrons. The molecule has 32 heavy (non-hydrogen) atoms. The van der Waals surface area contributed by atoms with Crippen LogP contribution >= 0.6 is 0 Å². The number of hydrogen-bond donors (Lipinski definition) is 0. The third-order valence-corrected chi connectivity index (χ3v) is 4.39. The molecule has 4 rings (SSSR count). The zero-order chi connectivity index (χ0) is 22.7. The van der Waals surface area contributed by atoms with Crippen LogP contribution in [0.25, 0.3) is 22.7 Å². The van der Waals surface area contributed by atoms with E-state index < -0.39 is 17.6 Å². The molecule has 7 nitrogen and oxygen atoms in total. The zero-order valence-corrected chi connectivity index (χ0v) is 17.9. The Bertz CT molecular complexity index is 1210. The summed E-state index contributed by atoms with van der Waals surface area (Å²) in [7, 11) is 0. The molecule has 0 fully saturated rings. The number of furan rings is 1. The maximum atomic E-state index is 13.3. The Hall–Kier alpha value is -4.13. The Kier molecular flexibility index (Phi) is 5.64. The lowest BCUT2D eigenvalue weighted by Gasteiger charge is -2.24. The highest BCUT2D eigenvalue weighted by Gasteiger charge is 2.36. The number of ether oxygens (including phenoxy) is 1. The molecule has 7 heteroatoms. The summed E-state index contributed by atoms with van der Waals surface area (Å²) in [5.74, 6) is -0.546. The topological polar surface area (TPSA) is 85.8 Å². The van der Waals surface area contributed by atoms with Gasteiger partial charge in [0.1, 0.15) is 11.3 Å². The van der Waals surface area contributed by atoms with Crippen LogP contribution in [-0.4, -0.2) is 22.6 Å². The van der Waals surface area contributed by atoms with Crippen LogP contribution in [0.15, 0.2) is 87.9 Å². The van der Waals surface area contributed by atoms with Crippen LogP contribution < -0.4 is 4.90 Å². The quantitative estimate of drug-likeness (QED) is 0.384. The number of carbonyl (C=O) groups is 2. The van der Waals surface area contributed by atoms with Gasteiger partial charge in [0.2, 0.25) is 11.8 Å². The van der Waals surface area contributed by atoms with Gasteiger partial charge in [-0.25, -0.2) is 9.78 Å². The first-order valence-corrected chi connectivity index (χ1v) is 10.1. The third kappa shape index (κ3) is 4.46. The third-order valence-electron chi connectivity index (χ3n) is 4.39. The zero-order valence-electron chi connectivity index (χ0n) is 17.9. The lowest BCUT2D eigenvalue weighted by Crippen LogP contribution is -2.41. The van der Waals surface area contributed by atoms with Gasteiger partial charge in [0, 0.05) is 11.1 Å². The lowest BCUT2D eigenvalue weighted by atomic mass is 10.1. The molecule has 0 aliphatic rings. The Morgan fingerprint density at radius 3 is 2.06 bits per heavy atom. The van der Waals surface area contributed by atoms with Crippen molar-refractivity contribution in [1.82, 2.24) is 4.98 Å². The van der Waals surface area contributed by atoms with Crippen molar-refractivity contribution in [2.75, 3.05) is 4.90 Å². The Balaban J connectivity index is 1.90. The van der Waals surface area contributed by atoms with Gasteiger partial charge in [0.25, 0.3) is 0 Å². The summed E-state index contributed by atoms with van der Waals surface area (Å²) in [6, 6.07) is 21.4. The number of imide groups is 1. The number of oxazole rings is 1. The Morgan fingerprint density at radius 1 is 0.875 bits per heavy atom. The smallest absolute Gasteiger partial charge is 0.424 e. The van der Waals surface area contributed by atoms with Gasteiger partial charge in [-0.15, -0.1) is 0 Å². The standard InChI is InChI=1S/C25H22N2O5/c1-25(2,3)32-24(29)27(22(28)19-15-10-16-30-19)23-20(17-11-6-4-7-12-17)26-21(31-23)18-13-8-5-9-14-18/h4-16H,1-3H3. The van der Waals surface area contributed by atoms with Crippen molar-refractivity contribution >= 4 is 17.9 Å². The highest BCUT2D eigenvalue weighted by Crippen LogP contribution is 2.36. The number of aromatic nitrogens is 1. The fourth-order valence-corrected chi connectivity index (χ4v) is 3.03. The minimum absolute atomic E-state index is 0.0347. The van der Waals surface area contributed by atoms with E-state index in [1.807, 2.05) is 60.7 Å². The summed E-state index contributed by atoms with van der Waals surface area (Å²) >= 11 is 0. The monoisotopic (exact) mass is 430 g/mol. The van der Waals surface area contributed by atoms with Gasteiger partial charge in [0.15, 0.2) is 5.76 Å². The van der Waals surface area contributed by atoms with Gasteiger partial charge in [-0.3, -0.25) is 4.79 Å². The van der Waals surface area contributed by atoms with E-state index in [9.17, 15) is 9.59 Å². The van der Waals surface area contributed by atoms with E-state index in [0.29, 0.717) is 16.8 Å². The predicted octanol–water partition coefficient (Wildman–Crippen LogP) is 6.18. The normalized spacial score (nSPS) is 11.2. The molecule has 2 heterocycles. The van der Waals surface area contributed by atoms with E-state index in [0.717, 1.165) is 4.90 Å². The van der Waals surface area contributed by atoms with E-state index >= 15 is 0 Å². The molecular formula is C25H22N2O5. The number of amides is 2. The maximum absolute atomic E-state index is 13.3. The average molecular weight is 430 g/mol. The first-order valence-electron chi connectivity index (χ1n) is 10.1. The number of rotatable bonds is 4. The second kappa shape index (κ2) is 8.55. The summed E-state index contributed by atoms with van der Waals surface area (Å²) in [6.07, 6.45) is 0.459. The average Bonchev–Trinajstić information content (AvgIpc) is 3.45. The number of nitrogens with zero attached hydrogens (tertiary/aromatic N) is 2. The van der Waals surface area contributed by atoms with Crippen LogP contribution in [0.2, 0.25) is 0 Å². The van der Waals surface area contributed by atoms with Crippen LogP contribution in [0, 0.1) is 0 Å². The second-order valence-corrected chi connectivity index (χ2v) is 8.00. The molecule has 4 aromatic rings. The van der Waals surface area contributed by atoms with Crippen molar-refractivity contribution in [2.24, 2.45) is 0 Å². The van der Waals surface area contributed by atoms with Crippen molar-refractivity contribution in [3.63, 3.8) is 0 Å². The van der Waals surface area contributed by atoms with Crippen LogP contribution in [-0.2, 0) is 4.74 Å². The molecule has 0 radical (unpaired) electrons. The van der Waals surface area contributed by atoms with Crippen LogP contribution in [0.3, 0.4) is 0 Å². The molecule has 0 aliphatic heterocycles. The largest absolute Gasteiger partial charge is 0.459 e. The summed E-state index contributed by atoms with van der Waals surface area (Å²) in [5.41, 5.74) is 0.864. The van der Waals surface area contributed by atoms with Crippen LogP contribution in [0.5, 0.6) is 0 Å². The van der Waals surface area contributed by atoms with Crippen molar-refractivity contribution in [2.45, 2.75) is 26.4 Å².